The van der Waals surface area contributed by atoms with E-state index in [-0.39, 0.29) is 47.7 Å². The molecular formula is C28H38O13. The number of phenolic OH excluding ortho intramolecular Hbond substituents is 2. The number of fused-ring (bicyclic) bond motifs is 1. The molecule has 228 valence electrons. The Morgan fingerprint density at radius 3 is 1.93 bits per heavy atom. The minimum absolute atomic E-state index is 0.123. The molecule has 1 aliphatic carbocycles. The predicted octanol–water partition coefficient (Wildman–Crippen LogP) is -0.139. The van der Waals surface area contributed by atoms with E-state index in [9.17, 15) is 35.7 Å². The molecular weight excluding hydrogens is 544 g/mol. The number of aliphatic hydroxyl groups is 5. The van der Waals surface area contributed by atoms with E-state index in [0.717, 1.165) is 5.56 Å². The zero-order chi connectivity index (χ0) is 30.0. The van der Waals surface area contributed by atoms with Gasteiger partial charge in [-0.25, -0.2) is 0 Å². The topological polar surface area (TPSA) is 197 Å². The Labute approximate surface area is 237 Å². The van der Waals surface area contributed by atoms with Crippen molar-refractivity contribution >= 4 is 0 Å². The van der Waals surface area contributed by atoms with Crippen LogP contribution < -0.4 is 18.9 Å². The monoisotopic (exact) mass is 582 g/mol. The van der Waals surface area contributed by atoms with E-state index in [0.29, 0.717) is 17.5 Å². The highest BCUT2D eigenvalue weighted by molar-refractivity contribution is 5.64. The molecule has 2 aromatic carbocycles. The van der Waals surface area contributed by atoms with Crippen LogP contribution in [0.25, 0.3) is 0 Å². The summed E-state index contributed by atoms with van der Waals surface area (Å²) >= 11 is 0. The summed E-state index contributed by atoms with van der Waals surface area (Å²) in [5.41, 5.74) is 1.88. The molecule has 0 unspecified atom stereocenters. The van der Waals surface area contributed by atoms with Gasteiger partial charge in [0.25, 0.3) is 0 Å². The molecule has 2 aliphatic rings. The van der Waals surface area contributed by atoms with Crippen molar-refractivity contribution in [3.63, 3.8) is 0 Å². The lowest BCUT2D eigenvalue weighted by Crippen LogP contribution is -2.59. The molecule has 0 bridgehead atoms. The van der Waals surface area contributed by atoms with Gasteiger partial charge in [-0.1, -0.05) is 0 Å². The fraction of sp³-hybridized carbons (Fsp3) is 0.571. The van der Waals surface area contributed by atoms with Gasteiger partial charge in [0.2, 0.25) is 11.5 Å². The van der Waals surface area contributed by atoms with Crippen molar-refractivity contribution < 1.29 is 64.2 Å². The predicted molar refractivity (Wildman–Crippen MR) is 142 cm³/mol. The molecule has 13 heteroatoms. The van der Waals surface area contributed by atoms with E-state index in [1.807, 2.05) is 0 Å². The average Bonchev–Trinajstić information content (AvgIpc) is 2.98. The summed E-state index contributed by atoms with van der Waals surface area (Å²) in [4.78, 5) is 0. The molecule has 0 saturated carbocycles. The molecule has 2 aromatic rings. The van der Waals surface area contributed by atoms with E-state index < -0.39 is 55.1 Å². The minimum Gasteiger partial charge on any atom is -0.502 e. The number of benzene rings is 2. The van der Waals surface area contributed by atoms with Crippen molar-refractivity contribution in [1.82, 2.24) is 0 Å². The second kappa shape index (κ2) is 12.9. The standard InChI is InChI=1S/C28H38O13/c1-36-16-7-13(8-17(37-2)22(16)31)20-15(11-40-28-26(35)25(34)23(32)19(10-30)41-28)14(9-29)5-12-6-18(38-3)24(33)27(39-4)21(12)20/h6-8,14-15,19-20,23,25-26,28-35H,5,9-11H2,1-4H3/t14-,15-,19-,20+,23+,25-,26-,28-/m0/s1. The van der Waals surface area contributed by atoms with Crippen LogP contribution >= 0.6 is 0 Å². The number of hydrogen-bond donors (Lipinski definition) is 7. The van der Waals surface area contributed by atoms with Crippen LogP contribution in [0.3, 0.4) is 0 Å². The van der Waals surface area contributed by atoms with Gasteiger partial charge in [0.15, 0.2) is 29.3 Å². The van der Waals surface area contributed by atoms with Crippen LogP contribution in [0.4, 0.5) is 0 Å². The molecule has 1 saturated heterocycles. The summed E-state index contributed by atoms with van der Waals surface area (Å²) in [5.74, 6) is -1.51. The van der Waals surface area contributed by atoms with Gasteiger partial charge < -0.3 is 64.2 Å². The van der Waals surface area contributed by atoms with Gasteiger partial charge in [0.1, 0.15) is 24.4 Å². The Kier molecular flexibility index (Phi) is 9.70. The summed E-state index contributed by atoms with van der Waals surface area (Å²) in [6, 6.07) is 4.88. The highest BCUT2D eigenvalue weighted by Gasteiger charge is 2.46. The number of hydrogen-bond acceptors (Lipinski definition) is 13. The van der Waals surface area contributed by atoms with Crippen LogP contribution in [0.15, 0.2) is 18.2 Å². The van der Waals surface area contributed by atoms with E-state index in [1.54, 1.807) is 18.2 Å². The van der Waals surface area contributed by atoms with Gasteiger partial charge >= 0.3 is 0 Å². The fourth-order valence-electron chi connectivity index (χ4n) is 5.83. The van der Waals surface area contributed by atoms with Gasteiger partial charge in [-0.05, 0) is 47.6 Å². The maximum Gasteiger partial charge on any atom is 0.201 e. The third-order valence-corrected chi connectivity index (χ3v) is 7.99. The number of aliphatic hydroxyl groups excluding tert-OH is 5. The minimum atomic E-state index is -1.63. The highest BCUT2D eigenvalue weighted by Crippen LogP contribution is 2.54. The van der Waals surface area contributed by atoms with Crippen LogP contribution in [-0.4, -0.2) is 115 Å². The summed E-state index contributed by atoms with van der Waals surface area (Å²) in [5, 5.41) is 72.6. The molecule has 1 fully saturated rings. The van der Waals surface area contributed by atoms with Crippen molar-refractivity contribution in [1.29, 1.82) is 0 Å². The van der Waals surface area contributed by atoms with E-state index in [4.69, 9.17) is 28.4 Å². The van der Waals surface area contributed by atoms with Gasteiger partial charge in [-0.15, -0.1) is 0 Å². The SMILES string of the molecule is COc1cc([C@H]2c3c(cc(OC)c(O)c3OC)C[C@@H](CO)[C@@H]2CO[C@H]2O[C@@H](CO)[C@@H](O)[C@H](O)[C@@H]2O)cc(OC)c1O. The zero-order valence-electron chi connectivity index (χ0n) is 23.3. The first-order valence-corrected chi connectivity index (χ1v) is 13.1. The first kappa shape index (κ1) is 30.9. The van der Waals surface area contributed by atoms with E-state index in [1.165, 1.54) is 28.4 Å². The number of rotatable bonds is 10. The second-order valence-electron chi connectivity index (χ2n) is 10.1. The van der Waals surface area contributed by atoms with Crippen LogP contribution in [0.2, 0.25) is 0 Å². The van der Waals surface area contributed by atoms with Crippen LogP contribution in [-0.2, 0) is 15.9 Å². The molecule has 41 heavy (non-hydrogen) atoms. The summed E-state index contributed by atoms with van der Waals surface area (Å²) in [6.45, 7) is -1.02. The van der Waals surface area contributed by atoms with Crippen molar-refractivity contribution in [2.45, 2.75) is 43.0 Å². The lowest BCUT2D eigenvalue weighted by Gasteiger charge is -2.43. The molecule has 1 aliphatic heterocycles. The normalized spacial score (nSPS) is 29.5. The molecule has 7 N–H and O–H groups in total. The van der Waals surface area contributed by atoms with Crippen molar-refractivity contribution in [3.8, 4) is 34.5 Å². The lowest BCUT2D eigenvalue weighted by molar-refractivity contribution is -0.304. The number of methoxy groups -OCH3 is 4. The summed E-state index contributed by atoms with van der Waals surface area (Å²) < 4.78 is 33.3. The largest absolute Gasteiger partial charge is 0.502 e. The fourth-order valence-corrected chi connectivity index (χ4v) is 5.83. The number of aromatic hydroxyl groups is 2. The third-order valence-electron chi connectivity index (χ3n) is 7.99. The summed E-state index contributed by atoms with van der Waals surface area (Å²) in [7, 11) is 5.60. The van der Waals surface area contributed by atoms with E-state index in [2.05, 4.69) is 0 Å². The van der Waals surface area contributed by atoms with Crippen molar-refractivity contribution in [2.24, 2.45) is 11.8 Å². The molecule has 1 heterocycles. The van der Waals surface area contributed by atoms with Crippen molar-refractivity contribution in [2.75, 3.05) is 48.3 Å². The molecule has 8 atom stereocenters. The van der Waals surface area contributed by atoms with Crippen LogP contribution in [0.5, 0.6) is 34.5 Å². The smallest absolute Gasteiger partial charge is 0.201 e. The average molecular weight is 583 g/mol. The molecule has 0 spiro atoms. The quantitative estimate of drug-likeness (QED) is 0.196. The van der Waals surface area contributed by atoms with Crippen molar-refractivity contribution in [3.05, 3.63) is 34.9 Å². The van der Waals surface area contributed by atoms with E-state index >= 15 is 0 Å². The molecule has 0 radical (unpaired) electrons. The molecule has 0 aromatic heterocycles. The Hall–Kier alpha value is -3.04. The highest BCUT2D eigenvalue weighted by atomic mass is 16.7. The van der Waals surface area contributed by atoms with Gasteiger partial charge in [-0.3, -0.25) is 0 Å². The number of phenols is 2. The maximum absolute atomic E-state index is 11.0. The first-order chi connectivity index (χ1) is 19.6. The Morgan fingerprint density at radius 1 is 0.780 bits per heavy atom. The molecule has 4 rings (SSSR count). The van der Waals surface area contributed by atoms with Gasteiger partial charge in [-0.2, -0.15) is 0 Å². The zero-order valence-corrected chi connectivity index (χ0v) is 23.3. The third kappa shape index (κ3) is 5.58. The summed E-state index contributed by atoms with van der Waals surface area (Å²) in [6.07, 6.45) is -7.02. The lowest BCUT2D eigenvalue weighted by atomic mass is 9.66. The molecule has 13 nitrogen and oxygen atoms in total. The Bertz CT molecular complexity index is 1180. The Balaban J connectivity index is 1.85. The maximum atomic E-state index is 11.0. The van der Waals surface area contributed by atoms with Crippen LogP contribution in [0, 0.1) is 11.8 Å². The van der Waals surface area contributed by atoms with Crippen LogP contribution in [0.1, 0.15) is 22.6 Å². The number of ether oxygens (including phenoxy) is 6. The van der Waals surface area contributed by atoms with Gasteiger partial charge in [0, 0.05) is 18.1 Å². The van der Waals surface area contributed by atoms with Gasteiger partial charge in [0.05, 0.1) is 41.7 Å². The molecule has 0 amide bonds. The first-order valence-electron chi connectivity index (χ1n) is 13.1. The second-order valence-corrected chi connectivity index (χ2v) is 10.1. The Morgan fingerprint density at radius 2 is 1.39 bits per heavy atom.